The Kier molecular flexibility index (Phi) is 4.25. The third-order valence-electron chi connectivity index (χ3n) is 4.23. The van der Waals surface area contributed by atoms with Crippen LogP contribution in [-0.2, 0) is 13.0 Å². The lowest BCUT2D eigenvalue weighted by Gasteiger charge is -2.14. The summed E-state index contributed by atoms with van der Waals surface area (Å²) in [7, 11) is 0. The molecule has 2 aromatic rings. The van der Waals surface area contributed by atoms with Gasteiger partial charge in [0.15, 0.2) is 5.78 Å². The maximum absolute atomic E-state index is 12.5. The molecule has 0 aliphatic carbocycles. The predicted octanol–water partition coefficient (Wildman–Crippen LogP) is 3.32. The molecule has 2 aromatic carbocycles. The molecule has 0 saturated carbocycles. The first-order valence-electron chi connectivity index (χ1n) is 7.83. The van der Waals surface area contributed by atoms with Crippen LogP contribution in [0.25, 0.3) is 0 Å². The molecule has 0 radical (unpaired) electrons. The molecule has 0 aromatic heterocycles. The standard InChI is InChI=1S/C19H22N2O/c1-13-3-5-15(6-4-13)12-21-14(2)19(22)17-7-8-18-16(11-17)9-10-20-18/h3-8,11,14,20-21H,9-10,12H2,1-2H3. The zero-order valence-electron chi connectivity index (χ0n) is 13.1. The van der Waals surface area contributed by atoms with Crippen molar-refractivity contribution in [2.24, 2.45) is 0 Å². The zero-order valence-corrected chi connectivity index (χ0v) is 13.1. The van der Waals surface area contributed by atoms with Gasteiger partial charge in [-0.25, -0.2) is 0 Å². The number of carbonyl (C=O) groups excluding carboxylic acids is 1. The first-order valence-corrected chi connectivity index (χ1v) is 7.83. The van der Waals surface area contributed by atoms with Gasteiger partial charge in [-0.15, -0.1) is 0 Å². The lowest BCUT2D eigenvalue weighted by molar-refractivity contribution is 0.0950. The molecule has 0 bridgehead atoms. The second-order valence-electron chi connectivity index (χ2n) is 6.00. The van der Waals surface area contributed by atoms with E-state index in [1.807, 2.05) is 25.1 Å². The molecule has 3 rings (SSSR count). The average molecular weight is 294 g/mol. The minimum absolute atomic E-state index is 0.154. The molecule has 0 spiro atoms. The monoisotopic (exact) mass is 294 g/mol. The van der Waals surface area contributed by atoms with Crippen molar-refractivity contribution < 1.29 is 4.79 Å². The molecule has 1 atom stereocenters. The van der Waals surface area contributed by atoms with E-state index >= 15 is 0 Å². The van der Waals surface area contributed by atoms with Gasteiger partial charge in [0.2, 0.25) is 0 Å². The molecule has 22 heavy (non-hydrogen) atoms. The Labute approximate surface area is 131 Å². The summed E-state index contributed by atoms with van der Waals surface area (Å²) in [6.45, 7) is 5.68. The highest BCUT2D eigenvalue weighted by atomic mass is 16.1. The quantitative estimate of drug-likeness (QED) is 0.831. The number of carbonyl (C=O) groups is 1. The molecule has 1 aliphatic rings. The van der Waals surface area contributed by atoms with E-state index in [0.29, 0.717) is 6.54 Å². The van der Waals surface area contributed by atoms with Crippen LogP contribution in [-0.4, -0.2) is 18.4 Å². The first kappa shape index (κ1) is 14.8. The molecule has 0 fully saturated rings. The van der Waals surface area contributed by atoms with Gasteiger partial charge in [0, 0.05) is 24.3 Å². The van der Waals surface area contributed by atoms with E-state index in [4.69, 9.17) is 0 Å². The van der Waals surface area contributed by atoms with Gasteiger partial charge in [-0.1, -0.05) is 29.8 Å². The molecule has 3 heteroatoms. The summed E-state index contributed by atoms with van der Waals surface area (Å²) in [6, 6.07) is 14.2. The van der Waals surface area contributed by atoms with E-state index in [1.54, 1.807) is 0 Å². The fourth-order valence-electron chi connectivity index (χ4n) is 2.78. The predicted molar refractivity (Wildman–Crippen MR) is 90.4 cm³/mol. The summed E-state index contributed by atoms with van der Waals surface area (Å²) in [5.41, 5.74) is 5.66. The van der Waals surface area contributed by atoms with Crippen LogP contribution in [0.2, 0.25) is 0 Å². The van der Waals surface area contributed by atoms with Crippen LogP contribution in [0.15, 0.2) is 42.5 Å². The number of rotatable bonds is 5. The second-order valence-corrected chi connectivity index (χ2v) is 6.00. The maximum Gasteiger partial charge on any atom is 0.179 e. The Balaban J connectivity index is 1.63. The Morgan fingerprint density at radius 1 is 1.23 bits per heavy atom. The van der Waals surface area contributed by atoms with E-state index < -0.39 is 0 Å². The topological polar surface area (TPSA) is 41.1 Å². The van der Waals surface area contributed by atoms with Crippen molar-refractivity contribution in [1.29, 1.82) is 0 Å². The highest BCUT2D eigenvalue weighted by molar-refractivity contribution is 6.00. The molecular weight excluding hydrogens is 272 g/mol. The van der Waals surface area contributed by atoms with E-state index in [9.17, 15) is 4.79 Å². The van der Waals surface area contributed by atoms with Gasteiger partial charge in [0.1, 0.15) is 0 Å². The third kappa shape index (κ3) is 3.20. The van der Waals surface area contributed by atoms with Gasteiger partial charge < -0.3 is 10.6 Å². The summed E-state index contributed by atoms with van der Waals surface area (Å²) in [5.74, 6) is 0.154. The number of fused-ring (bicyclic) bond motifs is 1. The fraction of sp³-hybridized carbons (Fsp3) is 0.316. The summed E-state index contributed by atoms with van der Waals surface area (Å²) >= 11 is 0. The smallest absolute Gasteiger partial charge is 0.179 e. The molecule has 0 saturated heterocycles. The number of anilines is 1. The van der Waals surface area contributed by atoms with E-state index in [-0.39, 0.29) is 11.8 Å². The third-order valence-corrected chi connectivity index (χ3v) is 4.23. The van der Waals surface area contributed by atoms with Gasteiger partial charge in [-0.3, -0.25) is 4.79 Å². The SMILES string of the molecule is Cc1ccc(CNC(C)C(=O)c2ccc3c(c2)CCN3)cc1. The summed E-state index contributed by atoms with van der Waals surface area (Å²) in [4.78, 5) is 12.5. The van der Waals surface area contributed by atoms with Crippen LogP contribution in [0.4, 0.5) is 5.69 Å². The van der Waals surface area contributed by atoms with Crippen LogP contribution >= 0.6 is 0 Å². The number of Topliss-reactive ketones (excluding diaryl/α,β-unsaturated/α-hetero) is 1. The summed E-state index contributed by atoms with van der Waals surface area (Å²) in [6.07, 6.45) is 1.00. The minimum atomic E-state index is -0.186. The number of aryl methyl sites for hydroxylation is 1. The van der Waals surface area contributed by atoms with Crippen molar-refractivity contribution in [2.45, 2.75) is 32.9 Å². The largest absolute Gasteiger partial charge is 0.384 e. The van der Waals surface area contributed by atoms with Crippen molar-refractivity contribution in [3.05, 3.63) is 64.7 Å². The number of benzene rings is 2. The van der Waals surface area contributed by atoms with E-state index in [0.717, 1.165) is 24.2 Å². The molecule has 1 aliphatic heterocycles. The molecule has 2 N–H and O–H groups in total. The normalized spacial score (nSPS) is 14.3. The Morgan fingerprint density at radius 3 is 2.77 bits per heavy atom. The summed E-state index contributed by atoms with van der Waals surface area (Å²) < 4.78 is 0. The van der Waals surface area contributed by atoms with Gasteiger partial charge in [-0.05, 0) is 49.6 Å². The summed E-state index contributed by atoms with van der Waals surface area (Å²) in [5, 5.41) is 6.64. The van der Waals surface area contributed by atoms with E-state index in [2.05, 4.69) is 41.8 Å². The van der Waals surface area contributed by atoms with Gasteiger partial charge in [-0.2, -0.15) is 0 Å². The van der Waals surface area contributed by atoms with Crippen molar-refractivity contribution in [2.75, 3.05) is 11.9 Å². The molecule has 1 heterocycles. The van der Waals surface area contributed by atoms with Crippen LogP contribution in [0, 0.1) is 6.92 Å². The molecule has 0 amide bonds. The van der Waals surface area contributed by atoms with Crippen molar-refractivity contribution in [3.8, 4) is 0 Å². The average Bonchev–Trinajstić information content (AvgIpc) is 3.00. The lowest BCUT2D eigenvalue weighted by atomic mass is 10.0. The van der Waals surface area contributed by atoms with Crippen LogP contribution in [0.5, 0.6) is 0 Å². The highest BCUT2D eigenvalue weighted by Gasteiger charge is 2.17. The van der Waals surface area contributed by atoms with Crippen LogP contribution < -0.4 is 10.6 Å². The van der Waals surface area contributed by atoms with Crippen molar-refractivity contribution in [3.63, 3.8) is 0 Å². The molecular formula is C19H22N2O. The maximum atomic E-state index is 12.5. The van der Waals surface area contributed by atoms with Gasteiger partial charge >= 0.3 is 0 Å². The number of nitrogens with one attached hydrogen (secondary N) is 2. The second kappa shape index (κ2) is 6.32. The molecule has 3 nitrogen and oxygen atoms in total. The van der Waals surface area contributed by atoms with Crippen LogP contribution in [0.3, 0.4) is 0 Å². The van der Waals surface area contributed by atoms with Crippen LogP contribution in [0.1, 0.15) is 34.0 Å². The Hall–Kier alpha value is -2.13. The zero-order chi connectivity index (χ0) is 15.5. The lowest BCUT2D eigenvalue weighted by Crippen LogP contribution is -2.33. The fourth-order valence-corrected chi connectivity index (χ4v) is 2.78. The Morgan fingerprint density at radius 2 is 2.00 bits per heavy atom. The molecule has 1 unspecified atom stereocenters. The minimum Gasteiger partial charge on any atom is -0.384 e. The van der Waals surface area contributed by atoms with Crippen molar-refractivity contribution in [1.82, 2.24) is 5.32 Å². The number of hydrogen-bond acceptors (Lipinski definition) is 3. The van der Waals surface area contributed by atoms with Gasteiger partial charge in [0.25, 0.3) is 0 Å². The Bertz CT molecular complexity index is 676. The van der Waals surface area contributed by atoms with Crippen molar-refractivity contribution >= 4 is 11.5 Å². The first-order chi connectivity index (χ1) is 10.6. The number of hydrogen-bond donors (Lipinski definition) is 2. The highest BCUT2D eigenvalue weighted by Crippen LogP contribution is 2.23. The molecule has 114 valence electrons. The number of ketones is 1. The van der Waals surface area contributed by atoms with Gasteiger partial charge in [0.05, 0.1) is 6.04 Å². The van der Waals surface area contributed by atoms with E-state index in [1.165, 1.54) is 16.7 Å².